The number of carbonyl (C=O) groups is 2. The van der Waals surface area contributed by atoms with E-state index in [4.69, 9.17) is 5.11 Å². The number of rotatable bonds is 9. The Balaban J connectivity index is 1.27. The number of halogens is 3. The normalized spacial score (nSPS) is 14.3. The lowest BCUT2D eigenvalue weighted by atomic mass is 10.1. The van der Waals surface area contributed by atoms with Crippen LogP contribution in [-0.2, 0) is 11.0 Å². The van der Waals surface area contributed by atoms with Crippen molar-refractivity contribution in [3.05, 3.63) is 72.3 Å². The van der Waals surface area contributed by atoms with Gasteiger partial charge < -0.3 is 24.9 Å². The number of imidazole rings is 2. The van der Waals surface area contributed by atoms with Crippen LogP contribution < -0.4 is 10.2 Å². The molecule has 2 aromatic heterocycles. The quantitative estimate of drug-likeness (QED) is 0.237. The van der Waals surface area contributed by atoms with Gasteiger partial charge in [-0.2, -0.15) is 13.2 Å². The highest BCUT2D eigenvalue weighted by Gasteiger charge is 2.30. The number of nitrogens with one attached hydrogen (secondary N) is 2. The van der Waals surface area contributed by atoms with Crippen molar-refractivity contribution < 1.29 is 27.9 Å². The molecule has 43 heavy (non-hydrogen) atoms. The van der Waals surface area contributed by atoms with Crippen molar-refractivity contribution in [2.45, 2.75) is 32.5 Å². The molecule has 1 amide bonds. The number of alkyl halides is 3. The van der Waals surface area contributed by atoms with Crippen molar-refractivity contribution in [3.8, 4) is 22.8 Å². The average molecular weight is 596 g/mol. The maximum Gasteiger partial charge on any atom is 0.416 e. The third-order valence-corrected chi connectivity index (χ3v) is 7.39. The molecule has 10 nitrogen and oxygen atoms in total. The van der Waals surface area contributed by atoms with E-state index >= 15 is 0 Å². The van der Waals surface area contributed by atoms with Gasteiger partial charge in [-0.05, 0) is 50.2 Å². The molecule has 0 saturated carbocycles. The molecular formula is C30H32F3N7O3. The summed E-state index contributed by atoms with van der Waals surface area (Å²) in [5.74, 6) is -0.828. The van der Waals surface area contributed by atoms with Crippen LogP contribution in [0.2, 0.25) is 0 Å². The molecule has 0 atom stereocenters. The summed E-state index contributed by atoms with van der Waals surface area (Å²) in [6, 6.07) is 12.2. The topological polar surface area (TPSA) is 119 Å². The Kier molecular flexibility index (Phi) is 8.53. The molecule has 0 unspecified atom stereocenters. The van der Waals surface area contributed by atoms with Gasteiger partial charge in [-0.1, -0.05) is 12.1 Å². The zero-order valence-electron chi connectivity index (χ0n) is 23.7. The molecule has 1 aliphatic rings. The van der Waals surface area contributed by atoms with Gasteiger partial charge in [0.05, 0.1) is 30.2 Å². The Bertz CT molecular complexity index is 1570. The molecule has 1 fully saturated rings. The fourth-order valence-electron chi connectivity index (χ4n) is 5.01. The van der Waals surface area contributed by atoms with Crippen molar-refractivity contribution in [1.29, 1.82) is 0 Å². The smallest absolute Gasteiger partial charge is 0.416 e. The zero-order valence-corrected chi connectivity index (χ0v) is 23.7. The van der Waals surface area contributed by atoms with Crippen LogP contribution in [0.4, 0.5) is 24.5 Å². The van der Waals surface area contributed by atoms with E-state index in [0.717, 1.165) is 44.0 Å². The van der Waals surface area contributed by atoms with Crippen molar-refractivity contribution in [2.75, 3.05) is 42.9 Å². The third-order valence-electron chi connectivity index (χ3n) is 7.39. The maximum atomic E-state index is 13.1. The number of piperazine rings is 1. The summed E-state index contributed by atoms with van der Waals surface area (Å²) >= 11 is 0. The van der Waals surface area contributed by atoms with Crippen LogP contribution in [-0.4, -0.2) is 74.1 Å². The molecular weight excluding hydrogens is 563 g/mol. The Morgan fingerprint density at radius 3 is 2.28 bits per heavy atom. The van der Waals surface area contributed by atoms with E-state index in [-0.39, 0.29) is 18.2 Å². The second-order valence-corrected chi connectivity index (χ2v) is 10.6. The number of hydrogen-bond donors (Lipinski definition) is 3. The van der Waals surface area contributed by atoms with Crippen molar-refractivity contribution in [1.82, 2.24) is 24.4 Å². The van der Waals surface area contributed by atoms with Gasteiger partial charge in [-0.3, -0.25) is 14.5 Å². The molecule has 0 radical (unpaired) electrons. The van der Waals surface area contributed by atoms with Crippen LogP contribution in [0.15, 0.2) is 61.1 Å². The summed E-state index contributed by atoms with van der Waals surface area (Å²) in [4.78, 5) is 40.2. The minimum Gasteiger partial charge on any atom is -0.481 e. The summed E-state index contributed by atoms with van der Waals surface area (Å²) in [6.45, 7) is 7.56. The van der Waals surface area contributed by atoms with E-state index in [0.29, 0.717) is 35.0 Å². The van der Waals surface area contributed by atoms with E-state index < -0.39 is 23.6 Å². The Morgan fingerprint density at radius 2 is 1.67 bits per heavy atom. The van der Waals surface area contributed by atoms with Crippen molar-refractivity contribution >= 4 is 23.3 Å². The van der Waals surface area contributed by atoms with Gasteiger partial charge in [0, 0.05) is 55.7 Å². The maximum absolute atomic E-state index is 13.1. The highest BCUT2D eigenvalue weighted by atomic mass is 19.4. The fourth-order valence-corrected chi connectivity index (χ4v) is 5.01. The molecule has 2 aromatic carbocycles. The minimum atomic E-state index is -4.44. The number of aromatic nitrogens is 4. The summed E-state index contributed by atoms with van der Waals surface area (Å²) in [5, 5.41) is 11.8. The van der Waals surface area contributed by atoms with Gasteiger partial charge in [0.25, 0.3) is 5.91 Å². The number of anilines is 2. The van der Waals surface area contributed by atoms with E-state index in [9.17, 15) is 22.8 Å². The summed E-state index contributed by atoms with van der Waals surface area (Å²) in [5.41, 5.74) is 2.57. The van der Waals surface area contributed by atoms with Gasteiger partial charge in [0.2, 0.25) is 0 Å². The standard InChI is InChI=1S/C30H32F3N7O3/c1-19(2)40-18-35-26(20-3-5-21(6-4-20)30(31,32)33)27(40)28-34-17-24(37-28)29(43)36-22-7-9-23(10-8-22)39-15-13-38(14-16-39)12-11-25(41)42/h3-10,17-19H,11-16H2,1-2H3,(H,34,37)(H,36,43)(H,41,42). The number of amides is 1. The first-order valence-corrected chi connectivity index (χ1v) is 13.9. The Morgan fingerprint density at radius 1 is 1.00 bits per heavy atom. The number of carbonyl (C=O) groups excluding carboxylic acids is 1. The number of aliphatic carboxylic acids is 1. The number of aromatic amines is 1. The van der Waals surface area contributed by atoms with E-state index in [2.05, 4.69) is 30.1 Å². The molecule has 4 aromatic rings. The first kappa shape index (κ1) is 29.8. The first-order valence-electron chi connectivity index (χ1n) is 13.9. The van der Waals surface area contributed by atoms with Crippen LogP contribution >= 0.6 is 0 Å². The molecule has 0 aliphatic carbocycles. The highest BCUT2D eigenvalue weighted by Crippen LogP contribution is 2.35. The molecule has 226 valence electrons. The third kappa shape index (κ3) is 6.88. The second kappa shape index (κ2) is 12.3. The predicted molar refractivity (Wildman–Crippen MR) is 156 cm³/mol. The monoisotopic (exact) mass is 595 g/mol. The molecule has 5 rings (SSSR count). The largest absolute Gasteiger partial charge is 0.481 e. The van der Waals surface area contributed by atoms with Gasteiger partial charge in [-0.25, -0.2) is 9.97 Å². The summed E-state index contributed by atoms with van der Waals surface area (Å²) < 4.78 is 41.1. The van der Waals surface area contributed by atoms with Crippen molar-refractivity contribution in [3.63, 3.8) is 0 Å². The molecule has 1 saturated heterocycles. The molecule has 1 aliphatic heterocycles. The highest BCUT2D eigenvalue weighted by molar-refractivity contribution is 6.03. The first-order chi connectivity index (χ1) is 20.5. The van der Waals surface area contributed by atoms with Crippen LogP contribution in [0, 0.1) is 0 Å². The zero-order chi connectivity index (χ0) is 30.7. The van der Waals surface area contributed by atoms with Crippen LogP contribution in [0.3, 0.4) is 0 Å². The van der Waals surface area contributed by atoms with Gasteiger partial charge in [0.1, 0.15) is 11.4 Å². The molecule has 3 heterocycles. The van der Waals surface area contributed by atoms with Gasteiger partial charge >= 0.3 is 12.1 Å². The molecule has 3 N–H and O–H groups in total. The van der Waals surface area contributed by atoms with Crippen LogP contribution in [0.5, 0.6) is 0 Å². The number of H-pyrrole nitrogens is 1. The minimum absolute atomic E-state index is 0.0284. The van der Waals surface area contributed by atoms with Crippen LogP contribution in [0.1, 0.15) is 42.4 Å². The lowest BCUT2D eigenvalue weighted by Gasteiger charge is -2.36. The SMILES string of the molecule is CC(C)n1cnc(-c2ccc(C(F)(F)F)cc2)c1-c1ncc(C(=O)Nc2ccc(N3CCN(CCC(=O)O)CC3)cc2)[nH]1. The number of hydrogen-bond acceptors (Lipinski definition) is 6. The van der Waals surface area contributed by atoms with Crippen molar-refractivity contribution in [2.24, 2.45) is 0 Å². The number of benzene rings is 2. The molecule has 0 spiro atoms. The molecule has 13 heteroatoms. The Hall–Kier alpha value is -4.65. The number of carboxylic acids is 1. The fraction of sp³-hybridized carbons (Fsp3) is 0.333. The second-order valence-electron chi connectivity index (χ2n) is 10.6. The van der Waals surface area contributed by atoms with E-state index in [1.165, 1.54) is 18.3 Å². The van der Waals surface area contributed by atoms with Crippen LogP contribution in [0.25, 0.3) is 22.8 Å². The predicted octanol–water partition coefficient (Wildman–Crippen LogP) is 5.39. The number of carboxylic acid groups (broad SMARTS) is 1. The summed E-state index contributed by atoms with van der Waals surface area (Å²) in [7, 11) is 0. The average Bonchev–Trinajstić information content (AvgIpc) is 3.64. The van der Waals surface area contributed by atoms with E-state index in [1.807, 2.05) is 42.7 Å². The van der Waals surface area contributed by atoms with E-state index in [1.54, 1.807) is 6.33 Å². The lowest BCUT2D eigenvalue weighted by Crippen LogP contribution is -2.46. The summed E-state index contributed by atoms with van der Waals surface area (Å²) in [6.07, 6.45) is -1.29. The van der Waals surface area contributed by atoms with Gasteiger partial charge in [-0.15, -0.1) is 0 Å². The van der Waals surface area contributed by atoms with Gasteiger partial charge in [0.15, 0.2) is 5.82 Å². The molecule has 0 bridgehead atoms. The lowest BCUT2D eigenvalue weighted by molar-refractivity contribution is -0.138. The Labute approximate surface area is 246 Å². The number of nitrogens with zero attached hydrogens (tertiary/aromatic N) is 5.